The van der Waals surface area contributed by atoms with Gasteiger partial charge in [0.15, 0.2) is 5.76 Å². The zero-order valence-electron chi connectivity index (χ0n) is 11.9. The summed E-state index contributed by atoms with van der Waals surface area (Å²) in [5.41, 5.74) is 0. The van der Waals surface area contributed by atoms with Crippen LogP contribution in [0.1, 0.15) is 43.2 Å². The lowest BCUT2D eigenvalue weighted by molar-refractivity contribution is -0.126. The quantitative estimate of drug-likeness (QED) is 0.838. The number of carbonyl (C=O) groups excluding carboxylic acids is 2. The van der Waals surface area contributed by atoms with Crippen LogP contribution in [-0.2, 0) is 4.79 Å². The molecule has 110 valence electrons. The molecule has 20 heavy (non-hydrogen) atoms. The highest BCUT2D eigenvalue weighted by molar-refractivity contribution is 5.91. The fourth-order valence-electron chi connectivity index (χ4n) is 2.43. The van der Waals surface area contributed by atoms with Gasteiger partial charge in [0.25, 0.3) is 5.91 Å². The second-order valence-corrected chi connectivity index (χ2v) is 5.19. The lowest BCUT2D eigenvalue weighted by atomic mass is 9.95. The van der Waals surface area contributed by atoms with Crippen LogP contribution in [0.2, 0.25) is 0 Å². The molecule has 0 saturated carbocycles. The summed E-state index contributed by atoms with van der Waals surface area (Å²) in [5.74, 6) is 0.451. The van der Waals surface area contributed by atoms with E-state index in [4.69, 9.17) is 4.42 Å². The smallest absolute Gasteiger partial charge is 0.289 e. The average Bonchev–Trinajstić information content (AvgIpc) is 3.01. The third kappa shape index (κ3) is 3.62. The molecule has 2 rings (SSSR count). The monoisotopic (exact) mass is 278 g/mol. The SMILES string of the molecule is CCCCNC(=O)C1CCN(C(=O)c2ccco2)CC1. The Labute approximate surface area is 119 Å². The highest BCUT2D eigenvalue weighted by Gasteiger charge is 2.28. The minimum Gasteiger partial charge on any atom is -0.459 e. The van der Waals surface area contributed by atoms with E-state index >= 15 is 0 Å². The first-order chi connectivity index (χ1) is 9.72. The lowest BCUT2D eigenvalue weighted by Crippen LogP contribution is -2.43. The highest BCUT2D eigenvalue weighted by Crippen LogP contribution is 2.19. The Morgan fingerprint density at radius 3 is 2.75 bits per heavy atom. The summed E-state index contributed by atoms with van der Waals surface area (Å²) in [6.45, 7) is 4.09. The molecule has 1 aliphatic heterocycles. The Balaban J connectivity index is 1.77. The van der Waals surface area contributed by atoms with E-state index in [1.807, 2.05) is 0 Å². The number of carbonyl (C=O) groups is 2. The van der Waals surface area contributed by atoms with Crippen LogP contribution in [0.3, 0.4) is 0 Å². The van der Waals surface area contributed by atoms with Gasteiger partial charge in [-0.3, -0.25) is 9.59 Å². The van der Waals surface area contributed by atoms with Crippen molar-refractivity contribution in [3.05, 3.63) is 24.2 Å². The van der Waals surface area contributed by atoms with Gasteiger partial charge in [-0.15, -0.1) is 0 Å². The van der Waals surface area contributed by atoms with Gasteiger partial charge in [-0.05, 0) is 31.4 Å². The van der Waals surface area contributed by atoms with Gasteiger partial charge >= 0.3 is 0 Å². The first-order valence-electron chi connectivity index (χ1n) is 7.33. The Kier molecular flexibility index (Phi) is 5.21. The Hall–Kier alpha value is -1.78. The first kappa shape index (κ1) is 14.6. The fraction of sp³-hybridized carbons (Fsp3) is 0.600. The van der Waals surface area contributed by atoms with Gasteiger partial charge in [-0.25, -0.2) is 0 Å². The molecule has 0 spiro atoms. The van der Waals surface area contributed by atoms with E-state index in [2.05, 4.69) is 12.2 Å². The van der Waals surface area contributed by atoms with E-state index in [9.17, 15) is 9.59 Å². The molecule has 1 fully saturated rings. The summed E-state index contributed by atoms with van der Waals surface area (Å²) in [7, 11) is 0. The molecule has 0 aromatic carbocycles. The van der Waals surface area contributed by atoms with E-state index in [1.165, 1.54) is 6.26 Å². The Morgan fingerprint density at radius 2 is 2.15 bits per heavy atom. The standard InChI is InChI=1S/C15H22N2O3/c1-2-3-8-16-14(18)12-6-9-17(10-7-12)15(19)13-5-4-11-20-13/h4-5,11-12H,2-3,6-10H2,1H3,(H,16,18). The zero-order valence-corrected chi connectivity index (χ0v) is 11.9. The number of nitrogens with zero attached hydrogens (tertiary/aromatic N) is 1. The van der Waals surface area contributed by atoms with Crippen molar-refractivity contribution in [3.8, 4) is 0 Å². The maximum Gasteiger partial charge on any atom is 0.289 e. The predicted octanol–water partition coefficient (Wildman–Crippen LogP) is 2.05. The normalized spacial score (nSPS) is 16.1. The highest BCUT2D eigenvalue weighted by atomic mass is 16.3. The van der Waals surface area contributed by atoms with Crippen molar-refractivity contribution < 1.29 is 14.0 Å². The van der Waals surface area contributed by atoms with Crippen LogP contribution in [-0.4, -0.2) is 36.3 Å². The number of piperidine rings is 1. The van der Waals surface area contributed by atoms with Gasteiger partial charge in [-0.2, -0.15) is 0 Å². The molecule has 1 aliphatic rings. The van der Waals surface area contributed by atoms with Crippen molar-refractivity contribution in [1.82, 2.24) is 10.2 Å². The third-order valence-electron chi connectivity index (χ3n) is 3.71. The van der Waals surface area contributed by atoms with Crippen LogP contribution in [0.15, 0.2) is 22.8 Å². The second kappa shape index (κ2) is 7.12. The summed E-state index contributed by atoms with van der Waals surface area (Å²) in [5, 5.41) is 2.96. The molecule has 1 N–H and O–H groups in total. The summed E-state index contributed by atoms with van der Waals surface area (Å²) >= 11 is 0. The minimum absolute atomic E-state index is 0.0347. The van der Waals surface area contributed by atoms with E-state index in [0.717, 1.165) is 32.2 Å². The van der Waals surface area contributed by atoms with Crippen molar-refractivity contribution in [2.75, 3.05) is 19.6 Å². The molecule has 2 heterocycles. The summed E-state index contributed by atoms with van der Waals surface area (Å²) in [4.78, 5) is 25.8. The number of hydrogen-bond acceptors (Lipinski definition) is 3. The number of likely N-dealkylation sites (tertiary alicyclic amines) is 1. The third-order valence-corrected chi connectivity index (χ3v) is 3.71. The van der Waals surface area contributed by atoms with E-state index in [1.54, 1.807) is 17.0 Å². The molecule has 0 bridgehead atoms. The van der Waals surface area contributed by atoms with E-state index < -0.39 is 0 Å². The number of amides is 2. The number of hydrogen-bond donors (Lipinski definition) is 1. The van der Waals surface area contributed by atoms with Gasteiger partial charge in [0, 0.05) is 25.6 Å². The average molecular weight is 278 g/mol. The molecular formula is C15H22N2O3. The Morgan fingerprint density at radius 1 is 1.40 bits per heavy atom. The van der Waals surface area contributed by atoms with Gasteiger partial charge in [0.05, 0.1) is 6.26 Å². The molecule has 0 unspecified atom stereocenters. The number of furan rings is 1. The molecule has 2 amide bonds. The topological polar surface area (TPSA) is 62.6 Å². The van der Waals surface area contributed by atoms with Crippen LogP contribution in [0.25, 0.3) is 0 Å². The van der Waals surface area contributed by atoms with Crippen molar-refractivity contribution in [2.24, 2.45) is 5.92 Å². The minimum atomic E-state index is -0.0835. The molecular weight excluding hydrogens is 256 g/mol. The van der Waals surface area contributed by atoms with E-state index in [-0.39, 0.29) is 17.7 Å². The van der Waals surface area contributed by atoms with Crippen LogP contribution in [0.5, 0.6) is 0 Å². The van der Waals surface area contributed by atoms with Gasteiger partial charge in [0.2, 0.25) is 5.91 Å². The predicted molar refractivity (Wildman–Crippen MR) is 75.3 cm³/mol. The first-order valence-corrected chi connectivity index (χ1v) is 7.33. The molecule has 1 aromatic heterocycles. The number of nitrogens with one attached hydrogen (secondary N) is 1. The molecule has 0 radical (unpaired) electrons. The number of unbranched alkanes of at least 4 members (excludes halogenated alkanes) is 1. The van der Waals surface area contributed by atoms with Crippen molar-refractivity contribution in [2.45, 2.75) is 32.6 Å². The fourth-order valence-corrected chi connectivity index (χ4v) is 2.43. The summed E-state index contributed by atoms with van der Waals surface area (Å²) in [6, 6.07) is 3.38. The zero-order chi connectivity index (χ0) is 14.4. The summed E-state index contributed by atoms with van der Waals surface area (Å²) < 4.78 is 5.12. The molecule has 1 aromatic rings. The van der Waals surface area contributed by atoms with Gasteiger partial charge < -0.3 is 14.6 Å². The molecule has 5 nitrogen and oxygen atoms in total. The van der Waals surface area contributed by atoms with Crippen molar-refractivity contribution in [1.29, 1.82) is 0 Å². The molecule has 0 aliphatic carbocycles. The van der Waals surface area contributed by atoms with Gasteiger partial charge in [0.1, 0.15) is 0 Å². The second-order valence-electron chi connectivity index (χ2n) is 5.19. The number of rotatable bonds is 5. The summed E-state index contributed by atoms with van der Waals surface area (Å²) in [6.07, 6.45) is 5.05. The Bertz CT molecular complexity index is 434. The molecule has 0 atom stereocenters. The maximum absolute atomic E-state index is 12.1. The maximum atomic E-state index is 12.1. The van der Waals surface area contributed by atoms with Gasteiger partial charge in [-0.1, -0.05) is 13.3 Å². The van der Waals surface area contributed by atoms with Crippen molar-refractivity contribution in [3.63, 3.8) is 0 Å². The lowest BCUT2D eigenvalue weighted by Gasteiger charge is -2.30. The van der Waals surface area contributed by atoms with Crippen LogP contribution in [0.4, 0.5) is 0 Å². The van der Waals surface area contributed by atoms with Crippen LogP contribution < -0.4 is 5.32 Å². The van der Waals surface area contributed by atoms with E-state index in [0.29, 0.717) is 18.8 Å². The largest absolute Gasteiger partial charge is 0.459 e. The molecule has 5 heteroatoms. The molecule has 1 saturated heterocycles. The van der Waals surface area contributed by atoms with Crippen molar-refractivity contribution >= 4 is 11.8 Å². The van der Waals surface area contributed by atoms with Crippen LogP contribution in [0, 0.1) is 5.92 Å². The van der Waals surface area contributed by atoms with Crippen LogP contribution >= 0.6 is 0 Å².